The Hall–Kier alpha value is -3.36. The van der Waals surface area contributed by atoms with Crippen molar-refractivity contribution < 1.29 is 17.4 Å². The Balaban J connectivity index is 1.11. The third-order valence-electron chi connectivity index (χ3n) is 6.74. The maximum absolute atomic E-state index is 12.2. The summed E-state index contributed by atoms with van der Waals surface area (Å²) in [5.74, 6) is 0.299. The van der Waals surface area contributed by atoms with Crippen LogP contribution in [0.15, 0.2) is 78.9 Å². The number of para-hydroxylation sites is 1. The molecule has 0 spiro atoms. The van der Waals surface area contributed by atoms with E-state index < -0.39 is 10.1 Å². The molecular formula is C30H37N3O4S. The molecule has 1 heterocycles. The lowest BCUT2D eigenvalue weighted by Crippen LogP contribution is -2.46. The number of nitrogens with one attached hydrogen (secondary N) is 1. The molecule has 0 bridgehead atoms. The summed E-state index contributed by atoms with van der Waals surface area (Å²) in [4.78, 5) is 17.2. The summed E-state index contributed by atoms with van der Waals surface area (Å²) in [5.41, 5.74) is 4.75. The molecule has 38 heavy (non-hydrogen) atoms. The van der Waals surface area contributed by atoms with E-state index in [2.05, 4.69) is 69.7 Å². The zero-order valence-electron chi connectivity index (χ0n) is 22.0. The summed E-state index contributed by atoms with van der Waals surface area (Å²) in [6.07, 6.45) is 4.52. The van der Waals surface area contributed by atoms with Gasteiger partial charge in [0.2, 0.25) is 5.91 Å². The molecule has 0 aromatic heterocycles. The summed E-state index contributed by atoms with van der Waals surface area (Å²) in [6, 6.07) is 25.9. The number of anilines is 1. The molecule has 3 aromatic rings. The van der Waals surface area contributed by atoms with E-state index in [0.29, 0.717) is 13.0 Å². The van der Waals surface area contributed by atoms with E-state index in [1.54, 1.807) is 24.3 Å². The van der Waals surface area contributed by atoms with Crippen molar-refractivity contribution in [1.82, 2.24) is 10.2 Å². The standard InChI is InChI=1S/C30H37N3O4S/c1-38(35,36)37-27-17-15-25(16-18-27)24-31-30(34)14-6-3-9-19-32-20-22-33(23-21-32)29-13-8-7-12-28(29)26-10-4-2-5-11-26/h2,4-5,7-8,10-13,15-18H,3,6,9,14,19-24H2,1H3,(H,31,34). The number of benzene rings is 3. The van der Waals surface area contributed by atoms with Gasteiger partial charge in [-0.15, -0.1) is 0 Å². The molecule has 1 aliphatic rings. The first kappa shape index (κ1) is 27.7. The highest BCUT2D eigenvalue weighted by molar-refractivity contribution is 7.86. The van der Waals surface area contributed by atoms with Crippen LogP contribution in [0.2, 0.25) is 0 Å². The van der Waals surface area contributed by atoms with Crippen LogP contribution in [0, 0.1) is 0 Å². The van der Waals surface area contributed by atoms with Gasteiger partial charge in [-0.05, 0) is 48.7 Å². The smallest absolute Gasteiger partial charge is 0.306 e. The summed E-state index contributed by atoms with van der Waals surface area (Å²) in [7, 11) is -3.54. The minimum Gasteiger partial charge on any atom is -0.383 e. The molecule has 0 aliphatic carbocycles. The van der Waals surface area contributed by atoms with Gasteiger partial charge >= 0.3 is 10.1 Å². The molecule has 0 saturated carbocycles. The van der Waals surface area contributed by atoms with Crippen LogP contribution in [0.25, 0.3) is 11.1 Å². The summed E-state index contributed by atoms with van der Waals surface area (Å²) in [6.45, 7) is 5.63. The highest BCUT2D eigenvalue weighted by Crippen LogP contribution is 2.31. The third-order valence-corrected chi connectivity index (χ3v) is 7.24. The van der Waals surface area contributed by atoms with Gasteiger partial charge in [-0.2, -0.15) is 8.42 Å². The second-order valence-corrected chi connectivity index (χ2v) is 11.3. The fourth-order valence-corrected chi connectivity index (χ4v) is 5.21. The quantitative estimate of drug-likeness (QED) is 0.268. The van der Waals surface area contributed by atoms with Crippen molar-refractivity contribution in [2.45, 2.75) is 32.2 Å². The van der Waals surface area contributed by atoms with Gasteiger partial charge in [-0.3, -0.25) is 9.69 Å². The van der Waals surface area contributed by atoms with Crippen LogP contribution in [-0.2, 0) is 21.5 Å². The van der Waals surface area contributed by atoms with E-state index in [9.17, 15) is 13.2 Å². The number of hydrogen-bond donors (Lipinski definition) is 1. The van der Waals surface area contributed by atoms with Crippen LogP contribution in [0.3, 0.4) is 0 Å². The monoisotopic (exact) mass is 535 g/mol. The molecule has 1 N–H and O–H groups in total. The molecule has 1 aliphatic heterocycles. The maximum Gasteiger partial charge on any atom is 0.306 e. The highest BCUT2D eigenvalue weighted by Gasteiger charge is 2.19. The number of amides is 1. The van der Waals surface area contributed by atoms with Crippen LogP contribution in [0.5, 0.6) is 5.75 Å². The van der Waals surface area contributed by atoms with Crippen molar-refractivity contribution in [1.29, 1.82) is 0 Å². The number of hydrogen-bond acceptors (Lipinski definition) is 6. The second kappa shape index (κ2) is 13.4. The molecule has 0 atom stereocenters. The number of nitrogens with zero attached hydrogens (tertiary/aromatic N) is 2. The Morgan fingerprint density at radius 3 is 2.24 bits per heavy atom. The van der Waals surface area contributed by atoms with E-state index in [1.807, 2.05) is 0 Å². The molecule has 4 rings (SSSR count). The molecule has 3 aromatic carbocycles. The SMILES string of the molecule is CS(=O)(=O)Oc1ccc(CNC(=O)CCCCCN2CCN(c3ccccc3-c3ccccc3)CC2)cc1. The van der Waals surface area contributed by atoms with Gasteiger partial charge in [0.15, 0.2) is 0 Å². The first-order chi connectivity index (χ1) is 18.4. The van der Waals surface area contributed by atoms with Crippen molar-refractivity contribution in [3.05, 3.63) is 84.4 Å². The molecule has 7 nitrogen and oxygen atoms in total. The van der Waals surface area contributed by atoms with E-state index >= 15 is 0 Å². The van der Waals surface area contributed by atoms with Gasteiger partial charge < -0.3 is 14.4 Å². The largest absolute Gasteiger partial charge is 0.383 e. The normalized spacial score (nSPS) is 14.3. The van der Waals surface area contributed by atoms with E-state index in [-0.39, 0.29) is 11.7 Å². The molecule has 202 valence electrons. The molecule has 8 heteroatoms. The van der Waals surface area contributed by atoms with Crippen molar-refractivity contribution in [3.63, 3.8) is 0 Å². The van der Waals surface area contributed by atoms with Crippen LogP contribution in [0.1, 0.15) is 31.2 Å². The van der Waals surface area contributed by atoms with Crippen LogP contribution in [0.4, 0.5) is 5.69 Å². The van der Waals surface area contributed by atoms with E-state index in [0.717, 1.165) is 63.8 Å². The van der Waals surface area contributed by atoms with Crippen molar-refractivity contribution in [2.24, 2.45) is 0 Å². The van der Waals surface area contributed by atoms with Crippen molar-refractivity contribution in [2.75, 3.05) is 43.9 Å². The topological polar surface area (TPSA) is 78.9 Å². The summed E-state index contributed by atoms with van der Waals surface area (Å²) in [5, 5.41) is 2.93. The van der Waals surface area contributed by atoms with Crippen LogP contribution >= 0.6 is 0 Å². The Bertz CT molecular complexity index is 1270. The first-order valence-corrected chi connectivity index (χ1v) is 15.1. The lowest BCUT2D eigenvalue weighted by Gasteiger charge is -2.37. The Morgan fingerprint density at radius 1 is 0.842 bits per heavy atom. The number of piperazine rings is 1. The first-order valence-electron chi connectivity index (χ1n) is 13.2. The number of rotatable bonds is 12. The number of carbonyl (C=O) groups is 1. The maximum atomic E-state index is 12.2. The fraction of sp³-hybridized carbons (Fsp3) is 0.367. The minimum atomic E-state index is -3.54. The van der Waals surface area contributed by atoms with Gasteiger partial charge in [0.25, 0.3) is 0 Å². The van der Waals surface area contributed by atoms with E-state index in [1.165, 1.54) is 16.8 Å². The summed E-state index contributed by atoms with van der Waals surface area (Å²) < 4.78 is 27.2. The van der Waals surface area contributed by atoms with Gasteiger partial charge in [-0.1, -0.05) is 67.1 Å². The minimum absolute atomic E-state index is 0.0344. The van der Waals surface area contributed by atoms with Gasteiger partial charge in [0.1, 0.15) is 5.75 Å². The summed E-state index contributed by atoms with van der Waals surface area (Å²) >= 11 is 0. The molecular weight excluding hydrogens is 498 g/mol. The molecule has 0 unspecified atom stereocenters. The van der Waals surface area contributed by atoms with Gasteiger partial charge in [-0.25, -0.2) is 0 Å². The Morgan fingerprint density at radius 2 is 1.53 bits per heavy atom. The zero-order chi connectivity index (χ0) is 26.8. The molecule has 1 amide bonds. The van der Waals surface area contributed by atoms with Gasteiger partial charge in [0, 0.05) is 50.4 Å². The highest BCUT2D eigenvalue weighted by atomic mass is 32.2. The molecule has 0 radical (unpaired) electrons. The van der Waals surface area contributed by atoms with Crippen molar-refractivity contribution >= 4 is 21.7 Å². The van der Waals surface area contributed by atoms with Gasteiger partial charge in [0.05, 0.1) is 6.26 Å². The van der Waals surface area contributed by atoms with Crippen molar-refractivity contribution in [3.8, 4) is 16.9 Å². The van der Waals surface area contributed by atoms with Crippen LogP contribution < -0.4 is 14.4 Å². The average Bonchev–Trinajstić information content (AvgIpc) is 2.92. The number of carbonyl (C=O) groups excluding carboxylic acids is 1. The molecule has 1 saturated heterocycles. The van der Waals surface area contributed by atoms with E-state index in [4.69, 9.17) is 4.18 Å². The lowest BCUT2D eigenvalue weighted by atomic mass is 10.0. The fourth-order valence-electron chi connectivity index (χ4n) is 4.75. The molecule has 1 fully saturated rings. The predicted octanol–water partition coefficient (Wildman–Crippen LogP) is 4.69. The van der Waals surface area contributed by atoms with Crippen LogP contribution in [-0.4, -0.2) is 58.2 Å². The predicted molar refractivity (Wildman–Crippen MR) is 153 cm³/mol. The number of unbranched alkanes of at least 4 members (excludes halogenated alkanes) is 2. The Labute approximate surface area is 226 Å². The zero-order valence-corrected chi connectivity index (χ0v) is 22.8. The third kappa shape index (κ3) is 8.60. The lowest BCUT2D eigenvalue weighted by molar-refractivity contribution is -0.121. The second-order valence-electron chi connectivity index (χ2n) is 9.73. The average molecular weight is 536 g/mol. The Kier molecular flexibility index (Phi) is 9.79.